The summed E-state index contributed by atoms with van der Waals surface area (Å²) in [7, 11) is 2.57. The Kier molecular flexibility index (Phi) is 3.84. The van der Waals surface area contributed by atoms with E-state index in [-0.39, 0.29) is 28.4 Å². The second-order valence-corrected chi connectivity index (χ2v) is 3.98. The van der Waals surface area contributed by atoms with Crippen LogP contribution in [0, 0.1) is 0 Å². The highest BCUT2D eigenvalue weighted by Gasteiger charge is 2.36. The van der Waals surface area contributed by atoms with Crippen LogP contribution >= 0.6 is 0 Å². The summed E-state index contributed by atoms with van der Waals surface area (Å²) in [6.45, 7) is 0. The van der Waals surface area contributed by atoms with Crippen LogP contribution in [0.25, 0.3) is 5.57 Å². The maximum atomic E-state index is 11.6. The molecule has 21 heavy (non-hydrogen) atoms. The van der Waals surface area contributed by atoms with Gasteiger partial charge in [-0.1, -0.05) is 18.2 Å². The maximum absolute atomic E-state index is 11.6. The van der Waals surface area contributed by atoms with Gasteiger partial charge >= 0.3 is 11.9 Å². The van der Waals surface area contributed by atoms with Crippen molar-refractivity contribution in [3.63, 3.8) is 0 Å². The Morgan fingerprint density at radius 3 is 2.43 bits per heavy atom. The number of hydrogen-bond acceptors (Lipinski definition) is 6. The van der Waals surface area contributed by atoms with Crippen LogP contribution in [0.15, 0.2) is 41.5 Å². The van der Waals surface area contributed by atoms with Gasteiger partial charge in [-0.25, -0.2) is 9.59 Å². The standard InChI is InChI=1S/C14H12O7/c1-19-8-6-4-3-5-7(8)9(13(16)17)11-12(20-2)10(15)14(18)21-11/h3-6,15H,1-2H3,(H,16,17)/b11-9+. The van der Waals surface area contributed by atoms with Gasteiger partial charge in [0.15, 0.2) is 5.76 Å². The number of carbonyl (C=O) groups is 2. The van der Waals surface area contributed by atoms with Gasteiger partial charge in [0.2, 0.25) is 11.5 Å². The predicted molar refractivity (Wildman–Crippen MR) is 70.3 cm³/mol. The quantitative estimate of drug-likeness (QED) is 0.639. The zero-order valence-corrected chi connectivity index (χ0v) is 11.2. The fraction of sp³-hybridized carbons (Fsp3) is 0.143. The van der Waals surface area contributed by atoms with Crippen molar-refractivity contribution in [2.24, 2.45) is 0 Å². The number of aliphatic hydroxyl groups excluding tert-OH is 1. The first-order valence-electron chi connectivity index (χ1n) is 5.82. The number of cyclic esters (lactones) is 1. The first-order chi connectivity index (χ1) is 10.0. The van der Waals surface area contributed by atoms with E-state index in [1.165, 1.54) is 20.3 Å². The molecule has 1 aromatic carbocycles. The topological polar surface area (TPSA) is 102 Å². The van der Waals surface area contributed by atoms with E-state index in [4.69, 9.17) is 14.2 Å². The Morgan fingerprint density at radius 2 is 1.86 bits per heavy atom. The molecule has 7 heteroatoms. The Balaban J connectivity index is 2.73. The summed E-state index contributed by atoms with van der Waals surface area (Å²) in [5.41, 5.74) is -0.152. The molecule has 0 saturated heterocycles. The average Bonchev–Trinajstić information content (AvgIpc) is 2.74. The Hall–Kier alpha value is -2.96. The van der Waals surface area contributed by atoms with Crippen molar-refractivity contribution in [2.45, 2.75) is 0 Å². The minimum Gasteiger partial charge on any atom is -0.499 e. The smallest absolute Gasteiger partial charge is 0.383 e. The van der Waals surface area contributed by atoms with Crippen LogP contribution in [0.3, 0.4) is 0 Å². The summed E-state index contributed by atoms with van der Waals surface area (Å²) >= 11 is 0. The molecule has 0 fully saturated rings. The molecule has 1 heterocycles. The lowest BCUT2D eigenvalue weighted by molar-refractivity contribution is -0.135. The van der Waals surface area contributed by atoms with E-state index < -0.39 is 17.7 Å². The first-order valence-corrected chi connectivity index (χ1v) is 5.82. The number of methoxy groups -OCH3 is 2. The van der Waals surface area contributed by atoms with Crippen molar-refractivity contribution < 1.29 is 34.0 Å². The molecule has 2 N–H and O–H groups in total. The van der Waals surface area contributed by atoms with Gasteiger partial charge in [-0.05, 0) is 6.07 Å². The number of carboxylic acids is 1. The third-order valence-corrected chi connectivity index (χ3v) is 2.83. The summed E-state index contributed by atoms with van der Waals surface area (Å²) in [5, 5.41) is 19.0. The number of aliphatic carboxylic acids is 1. The van der Waals surface area contributed by atoms with E-state index in [1.54, 1.807) is 18.2 Å². The van der Waals surface area contributed by atoms with Crippen LogP contribution in [0.2, 0.25) is 0 Å². The lowest BCUT2D eigenvalue weighted by Crippen LogP contribution is -2.08. The van der Waals surface area contributed by atoms with Crippen molar-refractivity contribution in [3.05, 3.63) is 47.1 Å². The van der Waals surface area contributed by atoms with E-state index >= 15 is 0 Å². The van der Waals surface area contributed by atoms with Gasteiger partial charge in [0, 0.05) is 5.56 Å². The molecular weight excluding hydrogens is 280 g/mol. The molecular formula is C14H12O7. The van der Waals surface area contributed by atoms with E-state index in [1.807, 2.05) is 0 Å². The van der Waals surface area contributed by atoms with E-state index in [2.05, 4.69) is 0 Å². The van der Waals surface area contributed by atoms with Gasteiger partial charge in [0.1, 0.15) is 11.3 Å². The number of para-hydroxylation sites is 1. The van der Waals surface area contributed by atoms with Gasteiger partial charge in [-0.3, -0.25) is 0 Å². The summed E-state index contributed by atoms with van der Waals surface area (Å²) in [6, 6.07) is 6.32. The highest BCUT2D eigenvalue weighted by molar-refractivity contribution is 6.18. The lowest BCUT2D eigenvalue weighted by Gasteiger charge is -2.11. The van der Waals surface area contributed by atoms with Gasteiger partial charge in [0.05, 0.1) is 14.2 Å². The number of rotatable bonds is 4. The molecule has 0 spiro atoms. The second-order valence-electron chi connectivity index (χ2n) is 3.98. The number of esters is 1. The zero-order valence-electron chi connectivity index (χ0n) is 11.2. The molecule has 7 nitrogen and oxygen atoms in total. The average molecular weight is 292 g/mol. The predicted octanol–water partition coefficient (Wildman–Crippen LogP) is 1.46. The minimum absolute atomic E-state index is 0.194. The second kappa shape index (κ2) is 5.58. The molecule has 0 amide bonds. The van der Waals surface area contributed by atoms with Crippen LogP contribution in [-0.4, -0.2) is 36.4 Å². The SMILES string of the molecule is COC1=C(O)C(=O)O/C1=C(/C(=O)O)c1ccccc1OC. The lowest BCUT2D eigenvalue weighted by atomic mass is 10.0. The molecule has 1 aromatic rings. The van der Waals surface area contributed by atoms with Crippen molar-refractivity contribution >= 4 is 17.5 Å². The molecule has 0 saturated carbocycles. The number of carboxylic acid groups (broad SMARTS) is 1. The van der Waals surface area contributed by atoms with Crippen LogP contribution in [0.5, 0.6) is 5.75 Å². The molecule has 1 aliphatic heterocycles. The Bertz CT molecular complexity index is 670. The number of aliphatic hydroxyl groups is 1. The third kappa shape index (κ3) is 2.40. The van der Waals surface area contributed by atoms with Crippen LogP contribution in [0.4, 0.5) is 0 Å². The monoisotopic (exact) mass is 292 g/mol. The fourth-order valence-corrected chi connectivity index (χ4v) is 1.93. The first kappa shape index (κ1) is 14.4. The maximum Gasteiger partial charge on any atom is 0.383 e. The molecule has 0 radical (unpaired) electrons. The van der Waals surface area contributed by atoms with Crippen LogP contribution < -0.4 is 4.74 Å². The largest absolute Gasteiger partial charge is 0.499 e. The van der Waals surface area contributed by atoms with Gasteiger partial charge in [-0.2, -0.15) is 0 Å². The van der Waals surface area contributed by atoms with Crippen molar-refractivity contribution in [1.29, 1.82) is 0 Å². The van der Waals surface area contributed by atoms with Crippen LogP contribution in [-0.2, 0) is 19.1 Å². The van der Waals surface area contributed by atoms with Crippen LogP contribution in [0.1, 0.15) is 5.56 Å². The highest BCUT2D eigenvalue weighted by atomic mass is 16.6. The highest BCUT2D eigenvalue weighted by Crippen LogP contribution is 2.35. The molecule has 110 valence electrons. The summed E-state index contributed by atoms with van der Waals surface area (Å²) in [4.78, 5) is 23.0. The molecule has 0 aliphatic carbocycles. The molecule has 2 rings (SSSR count). The van der Waals surface area contributed by atoms with E-state index in [0.717, 1.165) is 0 Å². The molecule has 1 aliphatic rings. The van der Waals surface area contributed by atoms with E-state index in [0.29, 0.717) is 0 Å². The summed E-state index contributed by atoms with van der Waals surface area (Å²) < 4.78 is 14.8. The Morgan fingerprint density at radius 1 is 1.19 bits per heavy atom. The van der Waals surface area contributed by atoms with Gasteiger partial charge < -0.3 is 24.4 Å². The van der Waals surface area contributed by atoms with Gasteiger partial charge in [-0.15, -0.1) is 0 Å². The normalized spacial score (nSPS) is 16.6. The number of ether oxygens (including phenoxy) is 3. The van der Waals surface area contributed by atoms with Gasteiger partial charge in [0.25, 0.3) is 0 Å². The summed E-state index contributed by atoms with van der Waals surface area (Å²) in [5.74, 6) is -3.62. The molecule has 0 aromatic heterocycles. The van der Waals surface area contributed by atoms with Crippen molar-refractivity contribution in [2.75, 3.05) is 14.2 Å². The number of carbonyl (C=O) groups excluding carboxylic acids is 1. The van der Waals surface area contributed by atoms with Crippen molar-refractivity contribution in [1.82, 2.24) is 0 Å². The third-order valence-electron chi connectivity index (χ3n) is 2.83. The summed E-state index contributed by atoms with van der Waals surface area (Å²) in [6.07, 6.45) is 0. The molecule has 0 atom stereocenters. The molecule has 0 bridgehead atoms. The number of hydrogen-bond donors (Lipinski definition) is 2. The Labute approximate surface area is 119 Å². The molecule has 0 unspecified atom stereocenters. The van der Waals surface area contributed by atoms with E-state index in [9.17, 15) is 19.8 Å². The van der Waals surface area contributed by atoms with Crippen molar-refractivity contribution in [3.8, 4) is 5.75 Å². The zero-order chi connectivity index (χ0) is 15.6. The number of benzene rings is 1. The minimum atomic E-state index is -1.36. The fourth-order valence-electron chi connectivity index (χ4n) is 1.93.